The van der Waals surface area contributed by atoms with Crippen molar-refractivity contribution >= 4 is 40.9 Å². The van der Waals surface area contributed by atoms with Gasteiger partial charge in [0.2, 0.25) is 0 Å². The Morgan fingerprint density at radius 3 is 2.34 bits per heavy atom. The average Bonchev–Trinajstić information content (AvgIpc) is 2.80. The smallest absolute Gasteiger partial charge is 0.266 e. The van der Waals surface area contributed by atoms with E-state index in [0.29, 0.717) is 22.0 Å². The van der Waals surface area contributed by atoms with E-state index < -0.39 is 17.6 Å². The Hall–Kier alpha value is -4.15. The van der Waals surface area contributed by atoms with Crippen LogP contribution in [0.25, 0.3) is 6.08 Å². The first-order valence-corrected chi connectivity index (χ1v) is 9.78. The molecule has 0 fully saturated rings. The first kappa shape index (κ1) is 22.5. The van der Waals surface area contributed by atoms with Crippen molar-refractivity contribution in [2.24, 2.45) is 0 Å². The van der Waals surface area contributed by atoms with Gasteiger partial charge in [-0.25, -0.2) is 4.39 Å². The van der Waals surface area contributed by atoms with E-state index in [9.17, 15) is 19.2 Å². The highest BCUT2D eigenvalue weighted by atomic mass is 35.5. The molecular formula is C24H17ClFN3O3. The van der Waals surface area contributed by atoms with Crippen LogP contribution in [0.15, 0.2) is 78.4 Å². The molecule has 0 saturated carbocycles. The number of carbonyl (C=O) groups excluding carboxylic acids is 2. The number of hydrogen-bond acceptors (Lipinski definition) is 4. The molecule has 3 aromatic rings. The van der Waals surface area contributed by atoms with Gasteiger partial charge in [0.15, 0.2) is 6.61 Å². The van der Waals surface area contributed by atoms with Crippen LogP contribution in [0.5, 0.6) is 5.75 Å². The molecule has 0 aliphatic rings. The zero-order chi connectivity index (χ0) is 22.9. The molecule has 0 radical (unpaired) electrons. The number of nitrogens with one attached hydrogen (secondary N) is 2. The number of nitrogens with zero attached hydrogens (tertiary/aromatic N) is 1. The topological polar surface area (TPSA) is 91.2 Å². The maximum absolute atomic E-state index is 13.6. The standard InChI is InChI=1S/C24H17ClFN3O3/c25-18-7-9-19(10-8-18)28-24(31)17(14-27)13-16-5-11-20(12-6-16)32-15-23(30)29-22-4-2-1-3-21(22)26/h1-13H,15H2,(H,28,31)(H,29,30)/b17-13-. The van der Waals surface area contributed by atoms with E-state index in [1.54, 1.807) is 54.6 Å². The summed E-state index contributed by atoms with van der Waals surface area (Å²) in [6, 6.07) is 20.7. The van der Waals surface area contributed by atoms with E-state index in [4.69, 9.17) is 16.3 Å². The Kier molecular flexibility index (Phi) is 7.57. The van der Waals surface area contributed by atoms with Crippen LogP contribution in [0.1, 0.15) is 5.56 Å². The number of ether oxygens (including phenoxy) is 1. The van der Waals surface area contributed by atoms with E-state index in [-0.39, 0.29) is 17.9 Å². The van der Waals surface area contributed by atoms with E-state index in [1.807, 2.05) is 6.07 Å². The van der Waals surface area contributed by atoms with Crippen LogP contribution in [-0.2, 0) is 9.59 Å². The molecule has 3 rings (SSSR count). The fraction of sp³-hybridized carbons (Fsp3) is 0.0417. The van der Waals surface area contributed by atoms with E-state index >= 15 is 0 Å². The molecule has 0 aromatic heterocycles. The molecule has 32 heavy (non-hydrogen) atoms. The van der Waals surface area contributed by atoms with Gasteiger partial charge in [-0.3, -0.25) is 9.59 Å². The predicted molar refractivity (Wildman–Crippen MR) is 121 cm³/mol. The molecule has 0 atom stereocenters. The zero-order valence-electron chi connectivity index (χ0n) is 16.6. The maximum Gasteiger partial charge on any atom is 0.266 e. The maximum atomic E-state index is 13.6. The van der Waals surface area contributed by atoms with E-state index in [2.05, 4.69) is 10.6 Å². The summed E-state index contributed by atoms with van der Waals surface area (Å²) in [5.41, 5.74) is 1.09. The van der Waals surface area contributed by atoms with Crippen molar-refractivity contribution in [1.82, 2.24) is 0 Å². The normalized spacial score (nSPS) is 10.7. The van der Waals surface area contributed by atoms with Gasteiger partial charge >= 0.3 is 0 Å². The number of nitriles is 1. The highest BCUT2D eigenvalue weighted by Gasteiger charge is 2.10. The molecule has 2 N–H and O–H groups in total. The highest BCUT2D eigenvalue weighted by Crippen LogP contribution is 2.17. The summed E-state index contributed by atoms with van der Waals surface area (Å²) in [6.45, 7) is -0.309. The number of hydrogen-bond donors (Lipinski definition) is 2. The summed E-state index contributed by atoms with van der Waals surface area (Å²) in [6.07, 6.45) is 1.43. The van der Waals surface area contributed by atoms with Crippen molar-refractivity contribution in [2.45, 2.75) is 0 Å². The molecule has 0 bridgehead atoms. The second kappa shape index (κ2) is 10.8. The van der Waals surface area contributed by atoms with Crippen LogP contribution >= 0.6 is 11.6 Å². The van der Waals surface area contributed by atoms with Gasteiger partial charge < -0.3 is 15.4 Å². The summed E-state index contributed by atoms with van der Waals surface area (Å²) >= 11 is 5.82. The molecule has 8 heteroatoms. The molecule has 0 aliphatic heterocycles. The monoisotopic (exact) mass is 449 g/mol. The molecule has 2 amide bonds. The SMILES string of the molecule is N#C/C(=C/c1ccc(OCC(=O)Nc2ccccc2F)cc1)C(=O)Nc1ccc(Cl)cc1. The zero-order valence-corrected chi connectivity index (χ0v) is 17.4. The molecule has 0 saturated heterocycles. The van der Waals surface area contributed by atoms with Crippen molar-refractivity contribution in [3.63, 3.8) is 0 Å². The first-order chi connectivity index (χ1) is 15.4. The third kappa shape index (κ3) is 6.42. The summed E-state index contributed by atoms with van der Waals surface area (Å²) in [4.78, 5) is 24.3. The Balaban J connectivity index is 1.57. The van der Waals surface area contributed by atoms with Crippen molar-refractivity contribution in [2.75, 3.05) is 17.2 Å². The van der Waals surface area contributed by atoms with Crippen molar-refractivity contribution in [1.29, 1.82) is 5.26 Å². The van der Waals surface area contributed by atoms with Gasteiger partial charge in [-0.05, 0) is 60.2 Å². The van der Waals surface area contributed by atoms with Crippen LogP contribution in [0, 0.1) is 17.1 Å². The molecule has 0 aliphatic carbocycles. The second-order valence-corrected chi connectivity index (χ2v) is 6.95. The molecule has 0 spiro atoms. The number of carbonyl (C=O) groups is 2. The lowest BCUT2D eigenvalue weighted by molar-refractivity contribution is -0.118. The van der Waals surface area contributed by atoms with Crippen LogP contribution in [-0.4, -0.2) is 18.4 Å². The van der Waals surface area contributed by atoms with E-state index in [0.717, 1.165) is 0 Å². The Morgan fingerprint density at radius 1 is 1.00 bits per heavy atom. The summed E-state index contributed by atoms with van der Waals surface area (Å²) in [7, 11) is 0. The molecular weight excluding hydrogens is 433 g/mol. The number of amides is 2. The third-order valence-corrected chi connectivity index (χ3v) is 4.43. The third-order valence-electron chi connectivity index (χ3n) is 4.18. The van der Waals surface area contributed by atoms with Crippen LogP contribution in [0.2, 0.25) is 5.02 Å². The number of rotatable bonds is 7. The number of benzene rings is 3. The van der Waals surface area contributed by atoms with Crippen molar-refractivity contribution in [3.8, 4) is 11.8 Å². The van der Waals surface area contributed by atoms with Gasteiger partial charge in [-0.2, -0.15) is 5.26 Å². The fourth-order valence-electron chi connectivity index (χ4n) is 2.60. The van der Waals surface area contributed by atoms with Gasteiger partial charge in [0, 0.05) is 10.7 Å². The molecule has 3 aromatic carbocycles. The first-order valence-electron chi connectivity index (χ1n) is 9.40. The van der Waals surface area contributed by atoms with Gasteiger partial charge in [-0.15, -0.1) is 0 Å². The van der Waals surface area contributed by atoms with Crippen molar-refractivity contribution < 1.29 is 18.7 Å². The lowest BCUT2D eigenvalue weighted by atomic mass is 10.1. The average molecular weight is 450 g/mol. The quantitative estimate of drug-likeness (QED) is 0.390. The summed E-state index contributed by atoms with van der Waals surface area (Å²) in [5, 5.41) is 14.9. The minimum absolute atomic E-state index is 0.0718. The fourth-order valence-corrected chi connectivity index (χ4v) is 2.73. The highest BCUT2D eigenvalue weighted by molar-refractivity contribution is 6.30. The Bertz CT molecular complexity index is 1190. The van der Waals surface area contributed by atoms with Crippen LogP contribution in [0.3, 0.4) is 0 Å². The number of halogens is 2. The minimum atomic E-state index is -0.556. The molecule has 0 unspecified atom stereocenters. The van der Waals surface area contributed by atoms with Gasteiger partial charge in [0.05, 0.1) is 5.69 Å². The Labute approximate surface area is 188 Å². The molecule has 6 nitrogen and oxygen atoms in total. The van der Waals surface area contributed by atoms with Crippen LogP contribution in [0.4, 0.5) is 15.8 Å². The Morgan fingerprint density at radius 2 is 1.69 bits per heavy atom. The van der Waals surface area contributed by atoms with Crippen molar-refractivity contribution in [3.05, 3.63) is 94.8 Å². The molecule has 0 heterocycles. The number of anilines is 2. The minimum Gasteiger partial charge on any atom is -0.484 e. The summed E-state index contributed by atoms with van der Waals surface area (Å²) in [5.74, 6) is -1.20. The van der Waals surface area contributed by atoms with Gasteiger partial charge in [0.1, 0.15) is 23.2 Å². The molecule has 160 valence electrons. The largest absolute Gasteiger partial charge is 0.484 e. The second-order valence-electron chi connectivity index (χ2n) is 6.52. The predicted octanol–water partition coefficient (Wildman–Crippen LogP) is 5.04. The lowest BCUT2D eigenvalue weighted by Gasteiger charge is -2.08. The van der Waals surface area contributed by atoms with Gasteiger partial charge in [-0.1, -0.05) is 35.9 Å². The van der Waals surface area contributed by atoms with Gasteiger partial charge in [0.25, 0.3) is 11.8 Å². The lowest BCUT2D eigenvalue weighted by Crippen LogP contribution is -2.20. The summed E-state index contributed by atoms with van der Waals surface area (Å²) < 4.78 is 19.0. The number of para-hydroxylation sites is 1. The van der Waals surface area contributed by atoms with E-state index in [1.165, 1.54) is 24.3 Å². The van der Waals surface area contributed by atoms with Crippen LogP contribution < -0.4 is 15.4 Å².